The van der Waals surface area contributed by atoms with Crippen molar-refractivity contribution in [3.05, 3.63) is 63.6 Å². The number of benzene rings is 2. The average molecular weight is 361 g/mol. The van der Waals surface area contributed by atoms with E-state index in [0.29, 0.717) is 6.61 Å². The Labute approximate surface area is 138 Å². The molecule has 1 aliphatic rings. The van der Waals surface area contributed by atoms with Gasteiger partial charge in [0.1, 0.15) is 12.4 Å². The third-order valence-corrected chi connectivity index (χ3v) is 4.67. The van der Waals surface area contributed by atoms with Crippen LogP contribution >= 0.6 is 15.9 Å². The Morgan fingerprint density at radius 2 is 2.05 bits per heavy atom. The molecule has 0 bridgehead atoms. The van der Waals surface area contributed by atoms with Crippen LogP contribution in [0.5, 0.6) is 5.75 Å². The second kappa shape index (κ2) is 6.53. The number of hydrogen-bond donors (Lipinski definition) is 1. The number of fused-ring (bicyclic) bond motifs is 1. The van der Waals surface area contributed by atoms with E-state index in [2.05, 4.69) is 15.9 Å². The molecule has 3 nitrogen and oxygen atoms in total. The molecule has 22 heavy (non-hydrogen) atoms. The summed E-state index contributed by atoms with van der Waals surface area (Å²) < 4.78 is 6.79. The highest BCUT2D eigenvalue weighted by Gasteiger charge is 2.26. The predicted octanol–water partition coefficient (Wildman–Crippen LogP) is 4.53. The van der Waals surface area contributed by atoms with E-state index in [1.165, 1.54) is 5.56 Å². The predicted molar refractivity (Wildman–Crippen MR) is 88.2 cm³/mol. The van der Waals surface area contributed by atoms with E-state index in [1.54, 1.807) is 0 Å². The molecule has 0 spiro atoms. The van der Waals surface area contributed by atoms with E-state index in [9.17, 15) is 4.79 Å². The van der Waals surface area contributed by atoms with Gasteiger partial charge < -0.3 is 9.84 Å². The molecule has 2 aromatic rings. The maximum atomic E-state index is 10.9. The second-order valence-electron chi connectivity index (χ2n) is 5.59. The zero-order valence-corrected chi connectivity index (χ0v) is 13.7. The van der Waals surface area contributed by atoms with Crippen molar-refractivity contribution in [3.63, 3.8) is 0 Å². The van der Waals surface area contributed by atoms with Gasteiger partial charge in [0, 0.05) is 0 Å². The van der Waals surface area contributed by atoms with Crippen molar-refractivity contribution < 1.29 is 14.6 Å². The van der Waals surface area contributed by atoms with Crippen LogP contribution in [0.15, 0.2) is 46.9 Å². The Hall–Kier alpha value is -1.81. The van der Waals surface area contributed by atoms with E-state index in [-0.39, 0.29) is 12.3 Å². The minimum Gasteiger partial charge on any atom is -0.488 e. The Bertz CT molecular complexity index is 682. The van der Waals surface area contributed by atoms with Crippen LogP contribution in [-0.2, 0) is 17.8 Å². The van der Waals surface area contributed by atoms with Gasteiger partial charge in [-0.1, -0.05) is 30.3 Å². The van der Waals surface area contributed by atoms with E-state index < -0.39 is 5.97 Å². The SMILES string of the molecule is O=C(O)C[C@H]1CCc2cc(OCc3ccccc3)c(Br)cc21. The fourth-order valence-corrected chi connectivity index (χ4v) is 3.44. The first-order chi connectivity index (χ1) is 10.6. The Morgan fingerprint density at radius 1 is 1.27 bits per heavy atom. The monoisotopic (exact) mass is 360 g/mol. The molecule has 1 N–H and O–H groups in total. The number of aliphatic carboxylic acids is 1. The van der Waals surface area contributed by atoms with Crippen LogP contribution in [0.3, 0.4) is 0 Å². The molecule has 3 rings (SSSR count). The number of halogens is 1. The molecule has 0 saturated heterocycles. The number of carbonyl (C=O) groups is 1. The Kier molecular flexibility index (Phi) is 4.48. The Morgan fingerprint density at radius 3 is 2.77 bits per heavy atom. The first kappa shape index (κ1) is 15.1. The maximum absolute atomic E-state index is 10.9. The quantitative estimate of drug-likeness (QED) is 0.851. The minimum absolute atomic E-state index is 0.118. The highest BCUT2D eigenvalue weighted by atomic mass is 79.9. The van der Waals surface area contributed by atoms with E-state index in [4.69, 9.17) is 9.84 Å². The number of carboxylic acids is 1. The van der Waals surface area contributed by atoms with Gasteiger partial charge in [-0.2, -0.15) is 0 Å². The van der Waals surface area contributed by atoms with E-state index >= 15 is 0 Å². The molecule has 2 aromatic carbocycles. The Balaban J connectivity index is 1.76. The number of hydrogen-bond acceptors (Lipinski definition) is 2. The van der Waals surface area contributed by atoms with Gasteiger partial charge in [-0.05, 0) is 63.5 Å². The highest BCUT2D eigenvalue weighted by molar-refractivity contribution is 9.10. The van der Waals surface area contributed by atoms with Crippen LogP contribution in [0.4, 0.5) is 0 Å². The molecule has 0 unspecified atom stereocenters. The molecule has 0 saturated carbocycles. The zero-order valence-electron chi connectivity index (χ0n) is 12.1. The summed E-state index contributed by atoms with van der Waals surface area (Å²) in [5, 5.41) is 9.00. The fourth-order valence-electron chi connectivity index (χ4n) is 2.96. The molecule has 1 atom stereocenters. The van der Waals surface area contributed by atoms with Gasteiger partial charge in [-0.3, -0.25) is 4.79 Å². The van der Waals surface area contributed by atoms with Crippen molar-refractivity contribution in [2.24, 2.45) is 0 Å². The number of aryl methyl sites for hydroxylation is 1. The van der Waals surface area contributed by atoms with Gasteiger partial charge in [0.25, 0.3) is 0 Å². The lowest BCUT2D eigenvalue weighted by atomic mass is 9.98. The number of rotatable bonds is 5. The van der Waals surface area contributed by atoms with Gasteiger partial charge >= 0.3 is 5.97 Å². The van der Waals surface area contributed by atoms with Crippen LogP contribution < -0.4 is 4.74 Å². The van der Waals surface area contributed by atoms with Gasteiger partial charge in [-0.15, -0.1) is 0 Å². The van der Waals surface area contributed by atoms with Crippen molar-refractivity contribution in [1.82, 2.24) is 0 Å². The third kappa shape index (κ3) is 3.33. The first-order valence-electron chi connectivity index (χ1n) is 7.34. The van der Waals surface area contributed by atoms with Gasteiger partial charge in [0.2, 0.25) is 0 Å². The standard InChI is InChI=1S/C18H17BrO3/c19-16-10-15-13(6-7-14(15)9-18(20)21)8-17(16)22-11-12-4-2-1-3-5-12/h1-5,8,10,14H,6-7,9,11H2,(H,20,21)/t14-/m1/s1. The summed E-state index contributed by atoms with van der Waals surface area (Å²) in [6.07, 6.45) is 2.02. The molecule has 4 heteroatoms. The topological polar surface area (TPSA) is 46.5 Å². The van der Waals surface area contributed by atoms with E-state index in [0.717, 1.165) is 34.2 Å². The summed E-state index contributed by atoms with van der Waals surface area (Å²) in [5.41, 5.74) is 3.47. The van der Waals surface area contributed by atoms with E-state index in [1.807, 2.05) is 42.5 Å². The molecule has 0 amide bonds. The van der Waals surface area contributed by atoms with Crippen molar-refractivity contribution in [2.45, 2.75) is 31.8 Å². The van der Waals surface area contributed by atoms with Crippen LogP contribution in [0.1, 0.15) is 35.4 Å². The summed E-state index contributed by atoms with van der Waals surface area (Å²) in [4.78, 5) is 10.9. The van der Waals surface area contributed by atoms with Crippen LogP contribution in [0.2, 0.25) is 0 Å². The normalized spacial score (nSPS) is 16.3. The smallest absolute Gasteiger partial charge is 0.303 e. The van der Waals surface area contributed by atoms with Crippen LogP contribution in [0, 0.1) is 0 Å². The van der Waals surface area contributed by atoms with Crippen molar-refractivity contribution in [1.29, 1.82) is 0 Å². The molecular weight excluding hydrogens is 344 g/mol. The molecule has 0 aromatic heterocycles. The van der Waals surface area contributed by atoms with Crippen LogP contribution in [0.25, 0.3) is 0 Å². The summed E-state index contributed by atoms with van der Waals surface area (Å²) >= 11 is 3.54. The minimum atomic E-state index is -0.738. The molecular formula is C18H17BrO3. The van der Waals surface area contributed by atoms with Gasteiger partial charge in [-0.25, -0.2) is 0 Å². The summed E-state index contributed by atoms with van der Waals surface area (Å²) in [7, 11) is 0. The van der Waals surface area contributed by atoms with Gasteiger partial charge in [0.15, 0.2) is 0 Å². The molecule has 114 valence electrons. The number of carboxylic acid groups (broad SMARTS) is 1. The molecule has 1 aliphatic carbocycles. The van der Waals surface area contributed by atoms with Crippen LogP contribution in [-0.4, -0.2) is 11.1 Å². The summed E-state index contributed by atoms with van der Waals surface area (Å²) in [6.45, 7) is 0.525. The lowest BCUT2D eigenvalue weighted by Crippen LogP contribution is -2.03. The molecule has 0 radical (unpaired) electrons. The second-order valence-corrected chi connectivity index (χ2v) is 6.44. The fraction of sp³-hybridized carbons (Fsp3) is 0.278. The summed E-state index contributed by atoms with van der Waals surface area (Å²) in [6, 6.07) is 14.1. The highest BCUT2D eigenvalue weighted by Crippen LogP contribution is 2.40. The average Bonchev–Trinajstić information content (AvgIpc) is 2.87. The molecule has 0 aliphatic heterocycles. The lowest BCUT2D eigenvalue weighted by molar-refractivity contribution is -0.137. The third-order valence-electron chi connectivity index (χ3n) is 4.05. The first-order valence-corrected chi connectivity index (χ1v) is 8.13. The van der Waals surface area contributed by atoms with Crippen molar-refractivity contribution >= 4 is 21.9 Å². The summed E-state index contributed by atoms with van der Waals surface area (Å²) in [5.74, 6) is 0.198. The maximum Gasteiger partial charge on any atom is 0.303 e. The molecule has 0 fully saturated rings. The molecule has 0 heterocycles. The van der Waals surface area contributed by atoms with Crippen molar-refractivity contribution in [3.8, 4) is 5.75 Å². The lowest BCUT2D eigenvalue weighted by Gasteiger charge is -2.13. The van der Waals surface area contributed by atoms with Crippen molar-refractivity contribution in [2.75, 3.05) is 0 Å². The van der Waals surface area contributed by atoms with Gasteiger partial charge in [0.05, 0.1) is 10.9 Å². The largest absolute Gasteiger partial charge is 0.488 e. The number of ether oxygens (including phenoxy) is 1. The zero-order chi connectivity index (χ0) is 15.5.